The normalized spacial score (nSPS) is 12.4. The van der Waals surface area contributed by atoms with E-state index in [4.69, 9.17) is 15.1 Å². The number of hydrogen-bond donors (Lipinski definition) is 2. The molecule has 8 heteroatoms. The number of ether oxygens (including phenoxy) is 1. The number of nitrogens with zero attached hydrogens (tertiary/aromatic N) is 4. The molecule has 2 heterocycles. The number of hydrogen-bond acceptors (Lipinski definition) is 5. The number of fused-ring (bicyclic) bond motifs is 1. The minimum Gasteiger partial charge on any atom is -0.493 e. The molecule has 0 bridgehead atoms. The molecule has 2 N–H and O–H groups in total. The Balaban J connectivity index is 0.000000200. The Kier molecular flexibility index (Phi) is 6.51. The molecule has 5 rings (SSSR count). The highest BCUT2D eigenvalue weighted by Gasteiger charge is 2.29. The Morgan fingerprint density at radius 2 is 1.97 bits per heavy atom. The molecular weight excluding hydrogens is 418 g/mol. The fourth-order valence-corrected chi connectivity index (χ4v) is 3.37. The molecule has 0 radical (unpaired) electrons. The van der Waals surface area contributed by atoms with Gasteiger partial charge >= 0.3 is 6.09 Å². The van der Waals surface area contributed by atoms with Crippen LogP contribution in [0.15, 0.2) is 66.7 Å². The van der Waals surface area contributed by atoms with E-state index < -0.39 is 6.09 Å². The summed E-state index contributed by atoms with van der Waals surface area (Å²) in [5, 5.41) is 24.3. The third kappa shape index (κ3) is 5.28. The van der Waals surface area contributed by atoms with Crippen molar-refractivity contribution in [2.24, 2.45) is 0 Å². The Hall–Kier alpha value is -4.38. The molecule has 2 aromatic heterocycles. The molecule has 1 aliphatic rings. The first-order valence-corrected chi connectivity index (χ1v) is 10.5. The summed E-state index contributed by atoms with van der Waals surface area (Å²) in [4.78, 5) is 14.7. The van der Waals surface area contributed by atoms with Crippen LogP contribution in [0.1, 0.15) is 35.7 Å². The van der Waals surface area contributed by atoms with E-state index in [9.17, 15) is 4.79 Å². The van der Waals surface area contributed by atoms with Crippen LogP contribution in [0.5, 0.6) is 5.75 Å². The number of carboxylic acid groups (broad SMARTS) is 1. The van der Waals surface area contributed by atoms with E-state index in [1.165, 1.54) is 0 Å². The molecule has 0 spiro atoms. The largest absolute Gasteiger partial charge is 0.493 e. The van der Waals surface area contributed by atoms with Crippen LogP contribution in [0.4, 0.5) is 4.79 Å². The number of nitriles is 1. The molecule has 0 saturated heterocycles. The highest BCUT2D eigenvalue weighted by molar-refractivity contribution is 5.68. The van der Waals surface area contributed by atoms with Crippen molar-refractivity contribution in [1.29, 1.82) is 5.26 Å². The molecule has 1 aliphatic carbocycles. The highest BCUT2D eigenvalue weighted by atomic mass is 16.5. The van der Waals surface area contributed by atoms with Gasteiger partial charge in [0.1, 0.15) is 0 Å². The molecule has 0 unspecified atom stereocenters. The summed E-state index contributed by atoms with van der Waals surface area (Å²) in [7, 11) is 1.64. The van der Waals surface area contributed by atoms with Crippen LogP contribution < -0.4 is 10.1 Å². The van der Waals surface area contributed by atoms with Crippen LogP contribution in [0.2, 0.25) is 0 Å². The number of amides is 1. The summed E-state index contributed by atoms with van der Waals surface area (Å²) in [6.07, 6.45) is 1.31. The van der Waals surface area contributed by atoms with Gasteiger partial charge in [-0.25, -0.2) is 14.3 Å². The number of rotatable bonds is 5. The second-order valence-corrected chi connectivity index (χ2v) is 7.60. The second-order valence-electron chi connectivity index (χ2n) is 7.60. The van der Waals surface area contributed by atoms with Gasteiger partial charge in [0.15, 0.2) is 17.2 Å². The van der Waals surface area contributed by atoms with E-state index in [2.05, 4.69) is 21.5 Å². The van der Waals surface area contributed by atoms with Crippen molar-refractivity contribution in [2.75, 3.05) is 7.11 Å². The van der Waals surface area contributed by atoms with Gasteiger partial charge in [-0.15, -0.1) is 0 Å². The topological polar surface area (TPSA) is 113 Å². The first kappa shape index (κ1) is 21.8. The number of pyridine rings is 1. The molecule has 166 valence electrons. The standard InChI is InChI=1S/C17H14N4O.C8H9NO2/c1-22-15-8-7-14(13-4-2-3-11(9-13)10-18)21-17(15)19-16(20-21)12-5-6-12;10-8(11)9-6-7-4-2-1-3-5-7/h2-4,7-9,12H,5-6H2,1H3;1-5,9H,6H2,(H,10,11). The van der Waals surface area contributed by atoms with Gasteiger partial charge in [0.05, 0.1) is 24.4 Å². The van der Waals surface area contributed by atoms with Gasteiger partial charge in [0.2, 0.25) is 0 Å². The molecule has 33 heavy (non-hydrogen) atoms. The Morgan fingerprint density at radius 3 is 2.64 bits per heavy atom. The lowest BCUT2D eigenvalue weighted by molar-refractivity contribution is 0.194. The van der Waals surface area contributed by atoms with Crippen molar-refractivity contribution in [1.82, 2.24) is 19.9 Å². The number of nitrogens with one attached hydrogen (secondary N) is 1. The summed E-state index contributed by atoms with van der Waals surface area (Å²) < 4.78 is 7.22. The molecule has 1 saturated carbocycles. The predicted octanol–water partition coefficient (Wildman–Crippen LogP) is 4.61. The van der Waals surface area contributed by atoms with Crippen LogP contribution >= 0.6 is 0 Å². The van der Waals surface area contributed by atoms with Crippen molar-refractivity contribution in [3.05, 3.63) is 83.7 Å². The van der Waals surface area contributed by atoms with Gasteiger partial charge in [-0.05, 0) is 42.7 Å². The van der Waals surface area contributed by atoms with Gasteiger partial charge in [-0.3, -0.25) is 0 Å². The zero-order valence-corrected chi connectivity index (χ0v) is 18.1. The van der Waals surface area contributed by atoms with Crippen LogP contribution in [0.25, 0.3) is 16.9 Å². The molecule has 1 amide bonds. The predicted molar refractivity (Wildman–Crippen MR) is 123 cm³/mol. The van der Waals surface area contributed by atoms with Crippen molar-refractivity contribution in [3.63, 3.8) is 0 Å². The average Bonchev–Trinajstić information content (AvgIpc) is 3.61. The number of carbonyl (C=O) groups is 1. The van der Waals surface area contributed by atoms with Crippen LogP contribution in [-0.2, 0) is 6.54 Å². The SMILES string of the molecule is COc1ccc(-c2cccc(C#N)c2)n2nc(C3CC3)nc12.O=C(O)NCc1ccccc1. The molecule has 2 aromatic carbocycles. The summed E-state index contributed by atoms with van der Waals surface area (Å²) in [6, 6.07) is 22.9. The van der Waals surface area contributed by atoms with E-state index in [0.717, 1.165) is 41.1 Å². The maximum atomic E-state index is 10.1. The van der Waals surface area contributed by atoms with Crippen LogP contribution in [-0.4, -0.2) is 32.9 Å². The third-order valence-corrected chi connectivity index (χ3v) is 5.20. The van der Waals surface area contributed by atoms with Crippen molar-refractivity contribution < 1.29 is 14.6 Å². The Morgan fingerprint density at radius 1 is 1.18 bits per heavy atom. The molecule has 1 fully saturated rings. The van der Waals surface area contributed by atoms with E-state index >= 15 is 0 Å². The zero-order chi connectivity index (χ0) is 23.2. The summed E-state index contributed by atoms with van der Waals surface area (Å²) in [6.45, 7) is 0.371. The minimum absolute atomic E-state index is 0.371. The quantitative estimate of drug-likeness (QED) is 0.468. The Bertz CT molecular complexity index is 1310. The molecule has 0 aliphatic heterocycles. The summed E-state index contributed by atoms with van der Waals surface area (Å²) in [5.74, 6) is 2.06. The molecule has 4 aromatic rings. The second kappa shape index (κ2) is 9.83. The monoisotopic (exact) mass is 441 g/mol. The fourth-order valence-electron chi connectivity index (χ4n) is 3.37. The fraction of sp³-hybridized carbons (Fsp3) is 0.200. The molecule has 0 atom stereocenters. The van der Waals surface area contributed by atoms with E-state index in [1.54, 1.807) is 13.2 Å². The van der Waals surface area contributed by atoms with Crippen LogP contribution in [0.3, 0.4) is 0 Å². The lowest BCUT2D eigenvalue weighted by Crippen LogP contribution is -2.19. The third-order valence-electron chi connectivity index (χ3n) is 5.20. The van der Waals surface area contributed by atoms with Crippen molar-refractivity contribution in [2.45, 2.75) is 25.3 Å². The van der Waals surface area contributed by atoms with Crippen LogP contribution in [0, 0.1) is 11.3 Å². The maximum Gasteiger partial charge on any atom is 0.404 e. The molecular formula is C25H23N5O3. The lowest BCUT2D eigenvalue weighted by Gasteiger charge is -2.07. The number of benzene rings is 2. The summed E-state index contributed by atoms with van der Waals surface area (Å²) in [5.41, 5.74) is 4.18. The lowest BCUT2D eigenvalue weighted by atomic mass is 10.1. The number of methoxy groups -OCH3 is 1. The van der Waals surface area contributed by atoms with Crippen molar-refractivity contribution >= 4 is 11.7 Å². The van der Waals surface area contributed by atoms with E-state index in [1.807, 2.05) is 65.2 Å². The van der Waals surface area contributed by atoms with Gasteiger partial charge < -0.3 is 15.2 Å². The average molecular weight is 441 g/mol. The van der Waals surface area contributed by atoms with Gasteiger partial charge in [0.25, 0.3) is 0 Å². The zero-order valence-electron chi connectivity index (χ0n) is 18.1. The Labute approximate surface area is 191 Å². The minimum atomic E-state index is -0.992. The smallest absolute Gasteiger partial charge is 0.404 e. The van der Waals surface area contributed by atoms with Gasteiger partial charge in [0, 0.05) is 18.0 Å². The number of aromatic nitrogens is 3. The highest BCUT2D eigenvalue weighted by Crippen LogP contribution is 2.39. The summed E-state index contributed by atoms with van der Waals surface area (Å²) >= 11 is 0. The maximum absolute atomic E-state index is 10.1. The van der Waals surface area contributed by atoms with E-state index in [0.29, 0.717) is 23.8 Å². The first-order chi connectivity index (χ1) is 16.1. The van der Waals surface area contributed by atoms with Crippen molar-refractivity contribution in [3.8, 4) is 23.1 Å². The molecule has 8 nitrogen and oxygen atoms in total. The first-order valence-electron chi connectivity index (χ1n) is 10.5. The van der Waals surface area contributed by atoms with Gasteiger partial charge in [-0.2, -0.15) is 10.4 Å². The van der Waals surface area contributed by atoms with Gasteiger partial charge in [-0.1, -0.05) is 42.5 Å². The van der Waals surface area contributed by atoms with E-state index in [-0.39, 0.29) is 0 Å².